The molecular weight excluding hydrogens is 392 g/mol. The fourth-order valence-electron chi connectivity index (χ4n) is 3.02. The molecule has 2 aromatic carbocycles. The van der Waals surface area contributed by atoms with Crippen molar-refractivity contribution < 1.29 is 14.3 Å². The van der Waals surface area contributed by atoms with Gasteiger partial charge in [-0.3, -0.25) is 9.36 Å². The van der Waals surface area contributed by atoms with Crippen LogP contribution in [0.25, 0.3) is 5.82 Å². The maximum absolute atomic E-state index is 12.6. The number of imidazole rings is 1. The molecule has 0 bridgehead atoms. The second kappa shape index (κ2) is 9.58. The molecule has 0 spiro atoms. The van der Waals surface area contributed by atoms with Crippen molar-refractivity contribution in [2.24, 2.45) is 0 Å². The number of amides is 1. The van der Waals surface area contributed by atoms with Crippen molar-refractivity contribution in [2.75, 3.05) is 7.11 Å². The summed E-state index contributed by atoms with van der Waals surface area (Å²) in [5.74, 6) is 1.66. The van der Waals surface area contributed by atoms with Gasteiger partial charge >= 0.3 is 0 Å². The van der Waals surface area contributed by atoms with Gasteiger partial charge in [-0.15, -0.1) is 0 Å². The van der Waals surface area contributed by atoms with Crippen LogP contribution in [0.1, 0.15) is 21.5 Å². The van der Waals surface area contributed by atoms with E-state index >= 15 is 0 Å². The summed E-state index contributed by atoms with van der Waals surface area (Å²) >= 11 is 0. The average Bonchev–Trinajstić information content (AvgIpc) is 3.37. The number of nitrogens with zero attached hydrogens (tertiary/aromatic N) is 3. The highest BCUT2D eigenvalue weighted by Gasteiger charge is 2.12. The predicted molar refractivity (Wildman–Crippen MR) is 116 cm³/mol. The average molecular weight is 414 g/mol. The van der Waals surface area contributed by atoms with Crippen LogP contribution in [-0.2, 0) is 13.2 Å². The molecule has 1 amide bonds. The molecule has 7 nitrogen and oxygen atoms in total. The first-order valence-corrected chi connectivity index (χ1v) is 9.79. The molecule has 0 aliphatic heterocycles. The molecule has 0 fully saturated rings. The molecule has 0 aliphatic carbocycles. The van der Waals surface area contributed by atoms with Crippen molar-refractivity contribution >= 4 is 5.91 Å². The van der Waals surface area contributed by atoms with E-state index in [1.165, 1.54) is 0 Å². The molecule has 7 heteroatoms. The minimum atomic E-state index is -0.202. The SMILES string of the molecule is COc1cc(C(=O)NCc2ccc(-n3ccnc3)nc2)ccc1OCc1ccccc1. The first kappa shape index (κ1) is 20.2. The number of nitrogens with one attached hydrogen (secondary N) is 1. The number of methoxy groups -OCH3 is 1. The van der Waals surface area contributed by atoms with E-state index in [4.69, 9.17) is 9.47 Å². The third-order valence-electron chi connectivity index (χ3n) is 4.69. The monoisotopic (exact) mass is 414 g/mol. The molecule has 0 saturated carbocycles. The Labute approximate surface area is 180 Å². The van der Waals surface area contributed by atoms with Crippen LogP contribution < -0.4 is 14.8 Å². The molecule has 0 aliphatic rings. The maximum atomic E-state index is 12.6. The Bertz CT molecular complexity index is 1130. The number of pyridine rings is 1. The van der Waals surface area contributed by atoms with Crippen LogP contribution in [0.5, 0.6) is 11.5 Å². The lowest BCUT2D eigenvalue weighted by atomic mass is 10.1. The van der Waals surface area contributed by atoms with Gasteiger partial charge in [0.05, 0.1) is 7.11 Å². The van der Waals surface area contributed by atoms with Crippen molar-refractivity contribution in [3.05, 3.63) is 102 Å². The summed E-state index contributed by atoms with van der Waals surface area (Å²) in [6, 6.07) is 18.8. The normalized spacial score (nSPS) is 10.5. The van der Waals surface area contributed by atoms with Crippen LogP contribution in [-0.4, -0.2) is 27.6 Å². The minimum Gasteiger partial charge on any atom is -0.493 e. The lowest BCUT2D eigenvalue weighted by molar-refractivity contribution is 0.0950. The summed E-state index contributed by atoms with van der Waals surface area (Å²) < 4.78 is 13.1. The van der Waals surface area contributed by atoms with Crippen LogP contribution in [0.2, 0.25) is 0 Å². The molecular formula is C24H22N4O3. The number of hydrogen-bond acceptors (Lipinski definition) is 5. The molecule has 0 radical (unpaired) electrons. The van der Waals surface area contributed by atoms with Gasteiger partial charge < -0.3 is 14.8 Å². The van der Waals surface area contributed by atoms with E-state index in [1.807, 2.05) is 53.2 Å². The van der Waals surface area contributed by atoms with Gasteiger partial charge in [-0.1, -0.05) is 36.4 Å². The van der Waals surface area contributed by atoms with E-state index in [0.717, 1.165) is 16.9 Å². The first-order valence-electron chi connectivity index (χ1n) is 9.79. The highest BCUT2D eigenvalue weighted by atomic mass is 16.5. The number of carbonyl (C=O) groups excluding carboxylic acids is 1. The number of benzene rings is 2. The lowest BCUT2D eigenvalue weighted by Crippen LogP contribution is -2.23. The Morgan fingerprint density at radius 2 is 1.90 bits per heavy atom. The van der Waals surface area contributed by atoms with Gasteiger partial charge in [0.25, 0.3) is 5.91 Å². The van der Waals surface area contributed by atoms with Gasteiger partial charge in [0.1, 0.15) is 18.8 Å². The lowest BCUT2D eigenvalue weighted by Gasteiger charge is -2.12. The summed E-state index contributed by atoms with van der Waals surface area (Å²) in [5, 5.41) is 2.90. The van der Waals surface area contributed by atoms with Crippen molar-refractivity contribution in [3.63, 3.8) is 0 Å². The molecule has 2 aromatic heterocycles. The molecule has 4 aromatic rings. The zero-order valence-electron chi connectivity index (χ0n) is 17.1. The molecule has 2 heterocycles. The Hall–Kier alpha value is -4.13. The molecule has 4 rings (SSSR count). The van der Waals surface area contributed by atoms with E-state index < -0.39 is 0 Å². The summed E-state index contributed by atoms with van der Waals surface area (Å²) in [7, 11) is 1.56. The topological polar surface area (TPSA) is 78.3 Å². The van der Waals surface area contributed by atoms with Gasteiger partial charge in [-0.2, -0.15) is 0 Å². The van der Waals surface area contributed by atoms with Gasteiger partial charge in [0.2, 0.25) is 0 Å². The van der Waals surface area contributed by atoms with E-state index in [2.05, 4.69) is 15.3 Å². The molecule has 1 N–H and O–H groups in total. The largest absolute Gasteiger partial charge is 0.493 e. The van der Waals surface area contributed by atoms with Gasteiger partial charge in [-0.05, 0) is 35.4 Å². The number of rotatable bonds is 8. The van der Waals surface area contributed by atoms with Crippen molar-refractivity contribution in [1.29, 1.82) is 0 Å². The summed E-state index contributed by atoms with van der Waals surface area (Å²) in [6.45, 7) is 0.787. The Morgan fingerprint density at radius 1 is 1.03 bits per heavy atom. The fourth-order valence-corrected chi connectivity index (χ4v) is 3.02. The molecule has 31 heavy (non-hydrogen) atoms. The standard InChI is InChI=1S/C24H22N4O3/c1-30-22-13-20(8-9-21(22)31-16-18-5-3-2-4-6-18)24(29)27-15-19-7-10-23(26-14-19)28-12-11-25-17-28/h2-14,17H,15-16H2,1H3,(H,27,29). The number of hydrogen-bond donors (Lipinski definition) is 1. The second-order valence-electron chi connectivity index (χ2n) is 6.82. The van der Waals surface area contributed by atoms with Gasteiger partial charge in [-0.25, -0.2) is 9.97 Å². The third kappa shape index (κ3) is 5.08. The van der Waals surface area contributed by atoms with Crippen LogP contribution >= 0.6 is 0 Å². The molecule has 0 unspecified atom stereocenters. The highest BCUT2D eigenvalue weighted by Crippen LogP contribution is 2.29. The highest BCUT2D eigenvalue weighted by molar-refractivity contribution is 5.94. The Morgan fingerprint density at radius 3 is 2.61 bits per heavy atom. The van der Waals surface area contributed by atoms with Crippen molar-refractivity contribution in [3.8, 4) is 17.3 Å². The number of aromatic nitrogens is 3. The zero-order valence-corrected chi connectivity index (χ0v) is 17.1. The van der Waals surface area contributed by atoms with E-state index in [1.54, 1.807) is 44.0 Å². The Balaban J connectivity index is 1.36. The van der Waals surface area contributed by atoms with E-state index in [-0.39, 0.29) is 5.91 Å². The molecule has 156 valence electrons. The smallest absolute Gasteiger partial charge is 0.251 e. The maximum Gasteiger partial charge on any atom is 0.251 e. The second-order valence-corrected chi connectivity index (χ2v) is 6.82. The van der Waals surface area contributed by atoms with Crippen molar-refractivity contribution in [1.82, 2.24) is 19.9 Å². The fraction of sp³-hybridized carbons (Fsp3) is 0.125. The van der Waals surface area contributed by atoms with Gasteiger partial charge in [0.15, 0.2) is 11.5 Å². The van der Waals surface area contributed by atoms with E-state index in [9.17, 15) is 4.79 Å². The number of carbonyl (C=O) groups is 1. The molecule has 0 saturated heterocycles. The molecule has 0 atom stereocenters. The predicted octanol–water partition coefficient (Wildman–Crippen LogP) is 3.78. The summed E-state index contributed by atoms with van der Waals surface area (Å²) in [5.41, 5.74) is 2.44. The van der Waals surface area contributed by atoms with Crippen LogP contribution in [0.3, 0.4) is 0 Å². The van der Waals surface area contributed by atoms with Crippen LogP contribution in [0.4, 0.5) is 0 Å². The minimum absolute atomic E-state index is 0.202. The quantitative estimate of drug-likeness (QED) is 0.475. The third-order valence-corrected chi connectivity index (χ3v) is 4.69. The zero-order chi connectivity index (χ0) is 21.5. The first-order chi connectivity index (χ1) is 15.2. The van der Waals surface area contributed by atoms with Crippen LogP contribution in [0, 0.1) is 0 Å². The summed E-state index contributed by atoms with van der Waals surface area (Å²) in [4.78, 5) is 21.0. The number of ether oxygens (including phenoxy) is 2. The van der Waals surface area contributed by atoms with Crippen LogP contribution in [0.15, 0.2) is 85.6 Å². The summed E-state index contributed by atoms with van der Waals surface area (Å²) in [6.07, 6.45) is 6.94. The Kier molecular flexibility index (Phi) is 6.23. The van der Waals surface area contributed by atoms with Crippen molar-refractivity contribution in [2.45, 2.75) is 13.2 Å². The van der Waals surface area contributed by atoms with Gasteiger partial charge in [0, 0.05) is 30.7 Å². The van der Waals surface area contributed by atoms with E-state index in [0.29, 0.717) is 30.2 Å².